The van der Waals surface area contributed by atoms with Crippen molar-refractivity contribution in [3.05, 3.63) is 48.3 Å². The summed E-state index contributed by atoms with van der Waals surface area (Å²) in [4.78, 5) is 0. The van der Waals surface area contributed by atoms with Crippen molar-refractivity contribution >= 4 is 0 Å². The molecule has 114 valence electrons. The lowest BCUT2D eigenvalue weighted by Gasteiger charge is -2.11. The largest absolute Gasteiger partial charge is 0.493 e. The summed E-state index contributed by atoms with van der Waals surface area (Å²) in [5.74, 6) is 1.49. The Morgan fingerprint density at radius 3 is 2.67 bits per heavy atom. The second-order valence-electron chi connectivity index (χ2n) is 4.99. The van der Waals surface area contributed by atoms with E-state index in [0.717, 1.165) is 36.4 Å². The summed E-state index contributed by atoms with van der Waals surface area (Å²) >= 11 is 0. The number of hydrogen-bond acceptors (Lipinski definition) is 3. The van der Waals surface area contributed by atoms with Crippen molar-refractivity contribution in [1.29, 1.82) is 0 Å². The third-order valence-corrected chi connectivity index (χ3v) is 3.40. The maximum absolute atomic E-state index is 9.94. The second kappa shape index (κ2) is 7.74. The predicted molar refractivity (Wildman–Crippen MR) is 82.8 cm³/mol. The molecular weight excluding hydrogens is 266 g/mol. The summed E-state index contributed by atoms with van der Waals surface area (Å²) in [6.07, 6.45) is 5.35. The van der Waals surface area contributed by atoms with Gasteiger partial charge in [0.05, 0.1) is 19.8 Å². The fourth-order valence-corrected chi connectivity index (χ4v) is 2.23. The van der Waals surface area contributed by atoms with E-state index in [4.69, 9.17) is 9.47 Å². The highest BCUT2D eigenvalue weighted by Gasteiger charge is 2.08. The van der Waals surface area contributed by atoms with Gasteiger partial charge in [-0.2, -0.15) is 0 Å². The number of ether oxygens (including phenoxy) is 2. The molecule has 0 aliphatic heterocycles. The van der Waals surface area contributed by atoms with Crippen LogP contribution in [-0.2, 0) is 6.54 Å². The first-order chi connectivity index (χ1) is 10.2. The molecule has 0 fully saturated rings. The first-order valence-electron chi connectivity index (χ1n) is 7.34. The van der Waals surface area contributed by atoms with Crippen LogP contribution < -0.4 is 9.47 Å². The average molecular weight is 289 g/mol. The molecular formula is C17H23NO3. The monoisotopic (exact) mass is 289 g/mol. The van der Waals surface area contributed by atoms with Gasteiger partial charge in [-0.25, -0.2) is 0 Å². The van der Waals surface area contributed by atoms with Crippen molar-refractivity contribution in [3.63, 3.8) is 0 Å². The Bertz CT molecular complexity index is 550. The number of nitrogens with zero attached hydrogens (tertiary/aromatic N) is 1. The second-order valence-corrected chi connectivity index (χ2v) is 4.99. The van der Waals surface area contributed by atoms with Crippen LogP contribution in [0.2, 0.25) is 0 Å². The van der Waals surface area contributed by atoms with E-state index in [1.165, 1.54) is 0 Å². The Kier molecular flexibility index (Phi) is 5.69. The highest BCUT2D eigenvalue weighted by molar-refractivity contribution is 5.39. The lowest BCUT2D eigenvalue weighted by Crippen LogP contribution is -2.07. The molecule has 0 aliphatic carbocycles. The van der Waals surface area contributed by atoms with Crippen molar-refractivity contribution in [3.8, 4) is 11.5 Å². The van der Waals surface area contributed by atoms with Crippen LogP contribution in [-0.4, -0.2) is 23.4 Å². The standard InChI is InChI=1S/C17H23NO3/c1-3-6-15(19)14-9-10-18(13-14)11-12-21-17-8-5-4-7-16(17)20-2/h4-5,7-10,13,15,19H,3,6,11-12H2,1-2H3. The van der Waals surface area contributed by atoms with E-state index in [0.29, 0.717) is 6.61 Å². The lowest BCUT2D eigenvalue weighted by atomic mass is 10.1. The third kappa shape index (κ3) is 4.26. The normalized spacial score (nSPS) is 12.1. The number of aliphatic hydroxyl groups excluding tert-OH is 1. The topological polar surface area (TPSA) is 43.6 Å². The first kappa shape index (κ1) is 15.4. The molecule has 1 N–H and O–H groups in total. The van der Waals surface area contributed by atoms with Gasteiger partial charge in [-0.05, 0) is 30.2 Å². The minimum Gasteiger partial charge on any atom is -0.493 e. The SMILES string of the molecule is CCCC(O)c1ccn(CCOc2ccccc2OC)c1. The van der Waals surface area contributed by atoms with Crippen LogP contribution in [0.1, 0.15) is 31.4 Å². The molecule has 0 amide bonds. The van der Waals surface area contributed by atoms with Gasteiger partial charge in [0.15, 0.2) is 11.5 Å². The summed E-state index contributed by atoms with van der Waals surface area (Å²) in [5, 5.41) is 9.94. The van der Waals surface area contributed by atoms with E-state index in [9.17, 15) is 5.11 Å². The number of para-hydroxylation sites is 2. The number of benzene rings is 1. The number of aliphatic hydroxyl groups is 1. The zero-order valence-electron chi connectivity index (χ0n) is 12.7. The molecule has 21 heavy (non-hydrogen) atoms. The van der Waals surface area contributed by atoms with Gasteiger partial charge in [0.1, 0.15) is 6.61 Å². The molecule has 2 rings (SSSR count). The van der Waals surface area contributed by atoms with Crippen molar-refractivity contribution in [2.45, 2.75) is 32.4 Å². The zero-order chi connectivity index (χ0) is 15.1. The Hall–Kier alpha value is -1.94. The molecule has 0 saturated heterocycles. The van der Waals surface area contributed by atoms with Crippen LogP contribution in [0.25, 0.3) is 0 Å². The quantitative estimate of drug-likeness (QED) is 0.810. The zero-order valence-corrected chi connectivity index (χ0v) is 12.7. The molecule has 0 aliphatic rings. The molecule has 1 aromatic heterocycles. The summed E-state index contributed by atoms with van der Waals surface area (Å²) < 4.78 is 13.0. The molecule has 0 spiro atoms. The molecule has 0 radical (unpaired) electrons. The van der Waals surface area contributed by atoms with Crippen LogP contribution in [0.4, 0.5) is 0 Å². The van der Waals surface area contributed by atoms with E-state index >= 15 is 0 Å². The number of rotatable bonds is 8. The Morgan fingerprint density at radius 1 is 1.19 bits per heavy atom. The number of methoxy groups -OCH3 is 1. The van der Waals surface area contributed by atoms with E-state index in [1.54, 1.807) is 7.11 Å². The summed E-state index contributed by atoms with van der Waals surface area (Å²) in [7, 11) is 1.63. The lowest BCUT2D eigenvalue weighted by molar-refractivity contribution is 0.166. The molecule has 2 aromatic rings. The fraction of sp³-hybridized carbons (Fsp3) is 0.412. The van der Waals surface area contributed by atoms with E-state index in [2.05, 4.69) is 6.92 Å². The molecule has 1 aromatic carbocycles. The molecule has 1 atom stereocenters. The Labute approximate surface area is 125 Å². The summed E-state index contributed by atoms with van der Waals surface area (Å²) in [5.41, 5.74) is 0.967. The predicted octanol–water partition coefficient (Wildman–Crippen LogP) is 3.41. The van der Waals surface area contributed by atoms with Gasteiger partial charge < -0.3 is 19.1 Å². The molecule has 1 unspecified atom stereocenters. The molecule has 4 nitrogen and oxygen atoms in total. The van der Waals surface area contributed by atoms with Crippen LogP contribution in [0.5, 0.6) is 11.5 Å². The number of hydrogen-bond donors (Lipinski definition) is 1. The highest BCUT2D eigenvalue weighted by atomic mass is 16.5. The van der Waals surface area contributed by atoms with Gasteiger partial charge in [-0.1, -0.05) is 25.5 Å². The van der Waals surface area contributed by atoms with Gasteiger partial charge >= 0.3 is 0 Å². The maximum atomic E-state index is 9.94. The smallest absolute Gasteiger partial charge is 0.161 e. The molecule has 4 heteroatoms. The molecule has 1 heterocycles. The van der Waals surface area contributed by atoms with Crippen LogP contribution >= 0.6 is 0 Å². The van der Waals surface area contributed by atoms with Crippen LogP contribution in [0, 0.1) is 0 Å². The van der Waals surface area contributed by atoms with Crippen LogP contribution in [0.15, 0.2) is 42.7 Å². The van der Waals surface area contributed by atoms with Crippen molar-refractivity contribution < 1.29 is 14.6 Å². The summed E-state index contributed by atoms with van der Waals surface area (Å²) in [6, 6.07) is 9.57. The van der Waals surface area contributed by atoms with Crippen molar-refractivity contribution in [1.82, 2.24) is 4.57 Å². The Balaban J connectivity index is 1.86. The highest BCUT2D eigenvalue weighted by Crippen LogP contribution is 2.25. The fourth-order valence-electron chi connectivity index (χ4n) is 2.23. The number of aromatic nitrogens is 1. The van der Waals surface area contributed by atoms with Gasteiger partial charge in [0.25, 0.3) is 0 Å². The molecule has 0 bridgehead atoms. The van der Waals surface area contributed by atoms with Gasteiger partial charge in [0.2, 0.25) is 0 Å². The van der Waals surface area contributed by atoms with E-state index in [1.807, 2.05) is 47.3 Å². The van der Waals surface area contributed by atoms with E-state index < -0.39 is 0 Å². The van der Waals surface area contributed by atoms with Gasteiger partial charge in [-0.3, -0.25) is 0 Å². The third-order valence-electron chi connectivity index (χ3n) is 3.40. The molecule has 0 saturated carbocycles. The van der Waals surface area contributed by atoms with Gasteiger partial charge in [0, 0.05) is 12.4 Å². The Morgan fingerprint density at radius 2 is 1.95 bits per heavy atom. The van der Waals surface area contributed by atoms with Crippen molar-refractivity contribution in [2.75, 3.05) is 13.7 Å². The van der Waals surface area contributed by atoms with Crippen LogP contribution in [0.3, 0.4) is 0 Å². The van der Waals surface area contributed by atoms with Gasteiger partial charge in [-0.15, -0.1) is 0 Å². The average Bonchev–Trinajstić information content (AvgIpc) is 2.97. The minimum atomic E-state index is -0.369. The summed E-state index contributed by atoms with van der Waals surface area (Å²) in [6.45, 7) is 3.36. The van der Waals surface area contributed by atoms with Crippen molar-refractivity contribution in [2.24, 2.45) is 0 Å². The maximum Gasteiger partial charge on any atom is 0.161 e. The first-order valence-corrected chi connectivity index (χ1v) is 7.34. The van der Waals surface area contributed by atoms with E-state index in [-0.39, 0.29) is 6.10 Å². The minimum absolute atomic E-state index is 0.369.